The van der Waals surface area contributed by atoms with Crippen LogP contribution in [0.2, 0.25) is 0 Å². The first-order valence-electron chi connectivity index (χ1n) is 9.48. The molecule has 0 N–H and O–H groups in total. The Kier molecular flexibility index (Phi) is 5.85. The molecule has 3 rings (SSSR count). The molecule has 0 saturated heterocycles. The van der Waals surface area contributed by atoms with Gasteiger partial charge in [-0.25, -0.2) is 0 Å². The summed E-state index contributed by atoms with van der Waals surface area (Å²) < 4.78 is 5.30. The molecular formula is C25H29NO. The molecule has 0 unspecified atom stereocenters. The zero-order valence-electron chi connectivity index (χ0n) is 16.8. The van der Waals surface area contributed by atoms with Crippen molar-refractivity contribution < 1.29 is 4.74 Å². The molecule has 0 atom stereocenters. The number of rotatable bonds is 6. The second-order valence-corrected chi connectivity index (χ2v) is 8.18. The molecule has 0 aliphatic heterocycles. The van der Waals surface area contributed by atoms with E-state index in [0.29, 0.717) is 0 Å². The molecule has 2 heteroatoms. The van der Waals surface area contributed by atoms with Gasteiger partial charge in [-0.2, -0.15) is 0 Å². The van der Waals surface area contributed by atoms with E-state index in [-0.39, 0.29) is 5.41 Å². The van der Waals surface area contributed by atoms with Gasteiger partial charge in [-0.05, 0) is 46.4 Å². The number of hydrogen-bond donors (Lipinski definition) is 0. The van der Waals surface area contributed by atoms with Crippen molar-refractivity contribution in [3.63, 3.8) is 0 Å². The second kappa shape index (κ2) is 8.30. The van der Waals surface area contributed by atoms with E-state index in [1.807, 2.05) is 12.1 Å². The number of benzene rings is 3. The maximum Gasteiger partial charge on any atom is 0.119 e. The van der Waals surface area contributed by atoms with Gasteiger partial charge in [-0.3, -0.25) is 0 Å². The monoisotopic (exact) mass is 359 g/mol. The Bertz CT molecular complexity index is 830. The third kappa shape index (κ3) is 5.37. The Morgan fingerprint density at radius 2 is 1.33 bits per heavy atom. The fourth-order valence-corrected chi connectivity index (χ4v) is 3.26. The Hall–Kier alpha value is -2.74. The molecule has 2 nitrogen and oxygen atoms in total. The first-order valence-corrected chi connectivity index (χ1v) is 9.48. The maximum atomic E-state index is 5.30. The van der Waals surface area contributed by atoms with Crippen LogP contribution in [0.1, 0.15) is 26.3 Å². The molecule has 0 spiro atoms. The van der Waals surface area contributed by atoms with Crippen LogP contribution in [0.15, 0.2) is 78.9 Å². The van der Waals surface area contributed by atoms with Crippen molar-refractivity contribution in [2.24, 2.45) is 5.41 Å². The lowest BCUT2D eigenvalue weighted by Gasteiger charge is -2.32. The van der Waals surface area contributed by atoms with Crippen LogP contribution < -0.4 is 9.64 Å². The maximum absolute atomic E-state index is 5.30. The van der Waals surface area contributed by atoms with E-state index in [2.05, 4.69) is 92.4 Å². The lowest BCUT2D eigenvalue weighted by atomic mass is 9.95. The van der Waals surface area contributed by atoms with E-state index in [0.717, 1.165) is 18.8 Å². The van der Waals surface area contributed by atoms with Crippen molar-refractivity contribution in [1.82, 2.24) is 0 Å². The van der Waals surface area contributed by atoms with Crippen LogP contribution in [-0.2, 0) is 6.54 Å². The van der Waals surface area contributed by atoms with Gasteiger partial charge in [-0.15, -0.1) is 0 Å². The summed E-state index contributed by atoms with van der Waals surface area (Å²) in [5.74, 6) is 0.890. The zero-order chi connectivity index (χ0) is 19.3. The Balaban J connectivity index is 1.80. The Morgan fingerprint density at radius 1 is 0.741 bits per heavy atom. The Labute approximate surface area is 163 Å². The number of ether oxygens (including phenoxy) is 1. The molecule has 0 fully saturated rings. The summed E-state index contributed by atoms with van der Waals surface area (Å²) in [5.41, 5.74) is 5.26. The molecule has 0 aromatic heterocycles. The van der Waals surface area contributed by atoms with E-state index in [1.165, 1.54) is 22.4 Å². The van der Waals surface area contributed by atoms with Crippen LogP contribution >= 0.6 is 0 Å². The van der Waals surface area contributed by atoms with Crippen molar-refractivity contribution in [2.45, 2.75) is 27.3 Å². The minimum Gasteiger partial charge on any atom is -0.497 e. The minimum absolute atomic E-state index is 0.212. The fourth-order valence-electron chi connectivity index (χ4n) is 3.26. The third-order valence-corrected chi connectivity index (χ3v) is 4.54. The first-order chi connectivity index (χ1) is 12.9. The summed E-state index contributed by atoms with van der Waals surface area (Å²) in [6.07, 6.45) is 0. The van der Waals surface area contributed by atoms with Crippen LogP contribution in [0.5, 0.6) is 5.75 Å². The van der Waals surface area contributed by atoms with Crippen LogP contribution in [0.4, 0.5) is 5.69 Å². The van der Waals surface area contributed by atoms with Crippen molar-refractivity contribution in [2.75, 3.05) is 18.6 Å². The number of nitrogens with zero attached hydrogens (tertiary/aromatic N) is 1. The van der Waals surface area contributed by atoms with Gasteiger partial charge in [0.1, 0.15) is 5.75 Å². The predicted molar refractivity (Wildman–Crippen MR) is 115 cm³/mol. The van der Waals surface area contributed by atoms with Gasteiger partial charge in [0.05, 0.1) is 7.11 Å². The second-order valence-electron chi connectivity index (χ2n) is 8.18. The molecule has 0 aliphatic rings. The van der Waals surface area contributed by atoms with E-state index in [9.17, 15) is 0 Å². The topological polar surface area (TPSA) is 12.5 Å². The van der Waals surface area contributed by atoms with E-state index in [1.54, 1.807) is 7.11 Å². The normalized spacial score (nSPS) is 11.3. The van der Waals surface area contributed by atoms with E-state index < -0.39 is 0 Å². The molecule has 0 saturated carbocycles. The average molecular weight is 360 g/mol. The Morgan fingerprint density at radius 3 is 1.89 bits per heavy atom. The molecule has 0 heterocycles. The molecule has 140 valence electrons. The largest absolute Gasteiger partial charge is 0.497 e. The summed E-state index contributed by atoms with van der Waals surface area (Å²) in [5, 5.41) is 0. The SMILES string of the molecule is COc1ccc(N(Cc2ccc(-c3ccccc3)cc2)CC(C)(C)C)cc1. The summed E-state index contributed by atoms with van der Waals surface area (Å²) in [6.45, 7) is 8.71. The highest BCUT2D eigenvalue weighted by molar-refractivity contribution is 5.63. The van der Waals surface area contributed by atoms with Crippen LogP contribution in [0.3, 0.4) is 0 Å². The zero-order valence-corrected chi connectivity index (χ0v) is 16.8. The fraction of sp³-hybridized carbons (Fsp3) is 0.280. The molecule has 0 radical (unpaired) electrons. The third-order valence-electron chi connectivity index (χ3n) is 4.54. The van der Waals surface area contributed by atoms with Crippen molar-refractivity contribution in [1.29, 1.82) is 0 Å². The van der Waals surface area contributed by atoms with Crippen molar-refractivity contribution in [3.8, 4) is 16.9 Å². The molecule has 3 aromatic rings. The van der Waals surface area contributed by atoms with Gasteiger partial charge in [0.15, 0.2) is 0 Å². The summed E-state index contributed by atoms with van der Waals surface area (Å²) in [7, 11) is 1.70. The minimum atomic E-state index is 0.212. The van der Waals surface area contributed by atoms with E-state index >= 15 is 0 Å². The van der Waals surface area contributed by atoms with Crippen molar-refractivity contribution >= 4 is 5.69 Å². The van der Waals surface area contributed by atoms with Gasteiger partial charge >= 0.3 is 0 Å². The summed E-state index contributed by atoms with van der Waals surface area (Å²) >= 11 is 0. The standard InChI is InChI=1S/C25H29NO/c1-25(2,3)19-26(23-14-16-24(27-4)17-15-23)18-20-10-12-22(13-11-20)21-8-6-5-7-9-21/h5-17H,18-19H2,1-4H3. The van der Waals surface area contributed by atoms with Gasteiger partial charge in [0.2, 0.25) is 0 Å². The summed E-state index contributed by atoms with van der Waals surface area (Å²) in [6, 6.07) is 27.8. The number of methoxy groups -OCH3 is 1. The van der Waals surface area contributed by atoms with Crippen LogP contribution in [0.25, 0.3) is 11.1 Å². The average Bonchev–Trinajstić information content (AvgIpc) is 2.68. The predicted octanol–water partition coefficient (Wildman–Crippen LogP) is 6.41. The lowest BCUT2D eigenvalue weighted by Crippen LogP contribution is -2.32. The van der Waals surface area contributed by atoms with Gasteiger partial charge in [0, 0.05) is 18.8 Å². The summed E-state index contributed by atoms with van der Waals surface area (Å²) in [4.78, 5) is 2.44. The number of hydrogen-bond acceptors (Lipinski definition) is 2. The highest BCUT2D eigenvalue weighted by Gasteiger charge is 2.17. The molecule has 0 aliphatic carbocycles. The van der Waals surface area contributed by atoms with Crippen molar-refractivity contribution in [3.05, 3.63) is 84.4 Å². The van der Waals surface area contributed by atoms with Gasteiger partial charge in [0.25, 0.3) is 0 Å². The molecule has 0 bridgehead atoms. The number of anilines is 1. The molecule has 3 aromatic carbocycles. The lowest BCUT2D eigenvalue weighted by molar-refractivity contribution is 0.407. The van der Waals surface area contributed by atoms with Gasteiger partial charge < -0.3 is 9.64 Å². The molecule has 0 amide bonds. The quantitative estimate of drug-likeness (QED) is 0.504. The van der Waals surface area contributed by atoms with E-state index in [4.69, 9.17) is 4.74 Å². The molecular weight excluding hydrogens is 330 g/mol. The van der Waals surface area contributed by atoms with Gasteiger partial charge in [-0.1, -0.05) is 75.4 Å². The highest BCUT2D eigenvalue weighted by Crippen LogP contribution is 2.26. The smallest absolute Gasteiger partial charge is 0.119 e. The first kappa shape index (κ1) is 19.0. The van der Waals surface area contributed by atoms with Crippen LogP contribution in [0, 0.1) is 5.41 Å². The molecule has 27 heavy (non-hydrogen) atoms. The van der Waals surface area contributed by atoms with Crippen LogP contribution in [-0.4, -0.2) is 13.7 Å². The highest BCUT2D eigenvalue weighted by atomic mass is 16.5.